The molecule has 1 aliphatic heterocycles. The summed E-state index contributed by atoms with van der Waals surface area (Å²) in [6, 6.07) is 9.17. The molecule has 5 nitrogen and oxygen atoms in total. The summed E-state index contributed by atoms with van der Waals surface area (Å²) in [7, 11) is 0. The number of rotatable bonds is 4. The van der Waals surface area contributed by atoms with Gasteiger partial charge in [0.25, 0.3) is 0 Å². The highest BCUT2D eigenvalue weighted by molar-refractivity contribution is 6.16. The van der Waals surface area contributed by atoms with E-state index in [2.05, 4.69) is 5.32 Å². The Morgan fingerprint density at radius 3 is 2.57 bits per heavy atom. The molecule has 1 saturated carbocycles. The van der Waals surface area contributed by atoms with Gasteiger partial charge in [-0.1, -0.05) is 43.7 Å². The van der Waals surface area contributed by atoms with E-state index in [0.717, 1.165) is 18.4 Å². The van der Waals surface area contributed by atoms with E-state index >= 15 is 0 Å². The minimum absolute atomic E-state index is 0.118. The lowest BCUT2D eigenvalue weighted by Crippen LogP contribution is -2.58. The van der Waals surface area contributed by atoms with Gasteiger partial charge in [0.05, 0.1) is 0 Å². The van der Waals surface area contributed by atoms with Gasteiger partial charge in [0.2, 0.25) is 11.8 Å². The van der Waals surface area contributed by atoms with Gasteiger partial charge in [-0.15, -0.1) is 0 Å². The topological polar surface area (TPSA) is 66.5 Å². The quantitative estimate of drug-likeness (QED) is 0.861. The van der Waals surface area contributed by atoms with Crippen molar-refractivity contribution in [1.82, 2.24) is 10.2 Å². The van der Waals surface area contributed by atoms with Crippen molar-refractivity contribution in [3.05, 3.63) is 35.9 Å². The van der Waals surface area contributed by atoms with Crippen molar-refractivity contribution in [2.45, 2.75) is 38.1 Å². The summed E-state index contributed by atoms with van der Waals surface area (Å²) in [5.41, 5.74) is 1.13. The van der Waals surface area contributed by atoms with E-state index in [1.165, 1.54) is 4.90 Å². The third-order valence-corrected chi connectivity index (χ3v) is 4.19. The Hall–Kier alpha value is -2.17. The van der Waals surface area contributed by atoms with Crippen LogP contribution in [0.1, 0.15) is 37.7 Å². The number of hydrogen-bond acceptors (Lipinski definition) is 3. The molecule has 0 bridgehead atoms. The lowest BCUT2D eigenvalue weighted by molar-refractivity contribution is -0.143. The van der Waals surface area contributed by atoms with Crippen LogP contribution in [0.3, 0.4) is 0 Å². The molecule has 0 spiro atoms. The van der Waals surface area contributed by atoms with Gasteiger partial charge in [-0.2, -0.15) is 0 Å². The third kappa shape index (κ3) is 2.44. The maximum absolute atomic E-state index is 12.4. The van der Waals surface area contributed by atoms with Crippen LogP contribution in [0.25, 0.3) is 0 Å². The number of nitrogens with zero attached hydrogens (tertiary/aromatic N) is 1. The molecule has 2 aliphatic rings. The van der Waals surface area contributed by atoms with Gasteiger partial charge in [-0.05, 0) is 18.4 Å². The summed E-state index contributed by atoms with van der Waals surface area (Å²) in [5, 5.41) is 2.32. The number of carbonyl (C=O) groups is 3. The number of imide groups is 2. The van der Waals surface area contributed by atoms with Gasteiger partial charge in [0.15, 0.2) is 0 Å². The molecule has 3 unspecified atom stereocenters. The Balaban J connectivity index is 1.77. The molecule has 1 aromatic rings. The second-order valence-electron chi connectivity index (χ2n) is 5.66. The minimum Gasteiger partial charge on any atom is -0.277 e. The average molecular weight is 286 g/mol. The number of amides is 4. The number of benzene rings is 1. The minimum atomic E-state index is -0.718. The lowest BCUT2D eigenvalue weighted by atomic mass is 9.99. The van der Waals surface area contributed by atoms with E-state index in [1.54, 1.807) is 0 Å². The zero-order valence-corrected chi connectivity index (χ0v) is 11.9. The fourth-order valence-corrected chi connectivity index (χ4v) is 3.02. The predicted octanol–water partition coefficient (Wildman–Crippen LogP) is 2.04. The Morgan fingerprint density at radius 2 is 1.90 bits per heavy atom. The molecule has 5 heteroatoms. The Morgan fingerprint density at radius 1 is 1.19 bits per heavy atom. The van der Waals surface area contributed by atoms with E-state index in [1.807, 2.05) is 37.3 Å². The molecule has 1 aromatic carbocycles. The molecule has 1 aliphatic carbocycles. The molecule has 0 aromatic heterocycles. The Labute approximate surface area is 123 Å². The molecule has 0 radical (unpaired) electrons. The second kappa shape index (κ2) is 5.31. The van der Waals surface area contributed by atoms with Gasteiger partial charge in [0.1, 0.15) is 5.92 Å². The molecule has 3 rings (SSSR count). The summed E-state index contributed by atoms with van der Waals surface area (Å²) in [6.07, 6.45) is 1.99. The molecule has 110 valence electrons. The van der Waals surface area contributed by atoms with Gasteiger partial charge >= 0.3 is 6.03 Å². The van der Waals surface area contributed by atoms with Crippen molar-refractivity contribution in [2.75, 3.05) is 0 Å². The Kier molecular flexibility index (Phi) is 3.49. The number of barbiturate groups is 1. The lowest BCUT2D eigenvalue weighted by Gasteiger charge is -2.30. The van der Waals surface area contributed by atoms with E-state index < -0.39 is 17.9 Å². The highest BCUT2D eigenvalue weighted by Gasteiger charge is 2.52. The number of urea groups is 1. The zero-order chi connectivity index (χ0) is 15.0. The fourth-order valence-electron chi connectivity index (χ4n) is 3.02. The van der Waals surface area contributed by atoms with E-state index in [9.17, 15) is 14.4 Å². The van der Waals surface area contributed by atoms with Crippen molar-refractivity contribution in [2.24, 2.45) is 5.92 Å². The van der Waals surface area contributed by atoms with Gasteiger partial charge in [0, 0.05) is 12.0 Å². The highest BCUT2D eigenvalue weighted by atomic mass is 16.2. The van der Waals surface area contributed by atoms with Crippen molar-refractivity contribution in [3.63, 3.8) is 0 Å². The first-order valence-corrected chi connectivity index (χ1v) is 7.36. The molecule has 3 atom stereocenters. The van der Waals surface area contributed by atoms with Crippen LogP contribution in [0.4, 0.5) is 4.79 Å². The first-order chi connectivity index (χ1) is 10.1. The van der Waals surface area contributed by atoms with E-state index in [0.29, 0.717) is 6.42 Å². The third-order valence-electron chi connectivity index (χ3n) is 4.19. The predicted molar refractivity (Wildman–Crippen MR) is 76.4 cm³/mol. The van der Waals surface area contributed by atoms with Crippen LogP contribution in [-0.2, 0) is 9.59 Å². The van der Waals surface area contributed by atoms with Crippen molar-refractivity contribution in [1.29, 1.82) is 0 Å². The monoisotopic (exact) mass is 286 g/mol. The fraction of sp³-hybridized carbons (Fsp3) is 0.438. The van der Waals surface area contributed by atoms with Crippen LogP contribution in [0.2, 0.25) is 0 Å². The molecule has 1 heterocycles. The van der Waals surface area contributed by atoms with Crippen LogP contribution >= 0.6 is 0 Å². The summed E-state index contributed by atoms with van der Waals surface area (Å²) >= 11 is 0. The number of hydrogen-bond donors (Lipinski definition) is 1. The van der Waals surface area contributed by atoms with Crippen LogP contribution < -0.4 is 5.32 Å². The molecular weight excluding hydrogens is 268 g/mol. The van der Waals surface area contributed by atoms with Gasteiger partial charge in [-0.3, -0.25) is 19.8 Å². The standard InChI is InChI=1S/C16H18N2O3/c1-2-6-11-14(19)17-16(21)18(15(11)20)13-9-12(13)10-7-4-3-5-8-10/h3-5,7-8,11-13H,2,6,9H2,1H3,(H,17,19,21). The molecular formula is C16H18N2O3. The van der Waals surface area contributed by atoms with E-state index in [4.69, 9.17) is 0 Å². The average Bonchev–Trinajstić information content (AvgIpc) is 3.24. The van der Waals surface area contributed by atoms with Crippen molar-refractivity contribution >= 4 is 17.8 Å². The highest BCUT2D eigenvalue weighted by Crippen LogP contribution is 2.45. The maximum Gasteiger partial charge on any atom is 0.331 e. The normalized spacial score (nSPS) is 28.5. The van der Waals surface area contributed by atoms with Crippen LogP contribution in [0, 0.1) is 5.92 Å². The molecule has 21 heavy (non-hydrogen) atoms. The summed E-state index contributed by atoms with van der Waals surface area (Å²) in [6.45, 7) is 1.92. The Bertz CT molecular complexity index is 584. The summed E-state index contributed by atoms with van der Waals surface area (Å²) < 4.78 is 0. The van der Waals surface area contributed by atoms with Crippen LogP contribution in [-0.4, -0.2) is 28.8 Å². The molecule has 4 amide bonds. The van der Waals surface area contributed by atoms with Crippen molar-refractivity contribution in [3.8, 4) is 0 Å². The summed E-state index contributed by atoms with van der Waals surface area (Å²) in [5.74, 6) is -1.32. The SMILES string of the molecule is CCCC1C(=O)NC(=O)N(C2CC2c2ccccc2)C1=O. The second-order valence-corrected chi connectivity index (χ2v) is 5.66. The molecule has 2 fully saturated rings. The van der Waals surface area contributed by atoms with E-state index in [-0.39, 0.29) is 17.9 Å². The van der Waals surface area contributed by atoms with Gasteiger partial charge < -0.3 is 0 Å². The van der Waals surface area contributed by atoms with Crippen molar-refractivity contribution < 1.29 is 14.4 Å². The number of nitrogens with one attached hydrogen (secondary N) is 1. The zero-order valence-electron chi connectivity index (χ0n) is 11.9. The van der Waals surface area contributed by atoms with Crippen LogP contribution in [0.5, 0.6) is 0 Å². The smallest absolute Gasteiger partial charge is 0.277 e. The maximum atomic E-state index is 12.4. The molecule has 1 saturated heterocycles. The first-order valence-electron chi connectivity index (χ1n) is 7.36. The molecule has 1 N–H and O–H groups in total. The van der Waals surface area contributed by atoms with Gasteiger partial charge in [-0.25, -0.2) is 4.79 Å². The first kappa shape index (κ1) is 13.8. The number of carbonyl (C=O) groups excluding carboxylic acids is 3. The largest absolute Gasteiger partial charge is 0.331 e. The summed E-state index contributed by atoms with van der Waals surface area (Å²) in [4.78, 5) is 37.5. The van der Waals surface area contributed by atoms with Crippen LogP contribution in [0.15, 0.2) is 30.3 Å².